The lowest BCUT2D eigenvalue weighted by atomic mass is 10.1. The monoisotopic (exact) mass is 905 g/mol. The summed E-state index contributed by atoms with van der Waals surface area (Å²) in [7, 11) is 0. The molecule has 0 bridgehead atoms. The number of rotatable bonds is 42. The number of allylic oxidation sites excluding steroid dienone is 28. The van der Waals surface area contributed by atoms with Gasteiger partial charge in [0.15, 0.2) is 6.10 Å². The van der Waals surface area contributed by atoms with Gasteiger partial charge >= 0.3 is 17.9 Å². The van der Waals surface area contributed by atoms with Gasteiger partial charge in [0.2, 0.25) is 0 Å². The molecule has 364 valence electrons. The molecule has 1 unspecified atom stereocenters. The van der Waals surface area contributed by atoms with Crippen LogP contribution in [0.15, 0.2) is 170 Å². The molecule has 0 aromatic heterocycles. The average Bonchev–Trinajstić information content (AvgIpc) is 3.31. The molecule has 0 fully saturated rings. The van der Waals surface area contributed by atoms with E-state index in [9.17, 15) is 14.4 Å². The maximum Gasteiger partial charge on any atom is 0.306 e. The van der Waals surface area contributed by atoms with Crippen molar-refractivity contribution in [3.8, 4) is 0 Å². The fourth-order valence-corrected chi connectivity index (χ4v) is 5.90. The molecular formula is C60H88O6. The first-order valence-corrected chi connectivity index (χ1v) is 25.3. The maximum absolute atomic E-state index is 12.8. The van der Waals surface area contributed by atoms with E-state index in [1.165, 1.54) is 32.1 Å². The quantitative estimate of drug-likeness (QED) is 0.0200. The Morgan fingerprint density at radius 2 is 0.697 bits per heavy atom. The van der Waals surface area contributed by atoms with Gasteiger partial charge in [0.25, 0.3) is 0 Å². The van der Waals surface area contributed by atoms with Crippen LogP contribution in [0.4, 0.5) is 0 Å². The Labute approximate surface area is 402 Å². The van der Waals surface area contributed by atoms with Crippen molar-refractivity contribution in [2.24, 2.45) is 0 Å². The van der Waals surface area contributed by atoms with Gasteiger partial charge < -0.3 is 14.2 Å². The first-order chi connectivity index (χ1) is 32.5. The van der Waals surface area contributed by atoms with E-state index in [-0.39, 0.29) is 38.0 Å². The Hall–Kier alpha value is -5.23. The summed E-state index contributed by atoms with van der Waals surface area (Å²) >= 11 is 0. The molecule has 0 rings (SSSR count). The summed E-state index contributed by atoms with van der Waals surface area (Å²) in [4.78, 5) is 37.9. The molecule has 6 nitrogen and oxygen atoms in total. The van der Waals surface area contributed by atoms with Gasteiger partial charge in [-0.15, -0.1) is 0 Å². The zero-order valence-corrected chi connectivity index (χ0v) is 41.4. The molecule has 0 saturated carbocycles. The molecule has 6 heteroatoms. The molecule has 0 aliphatic rings. The second-order valence-electron chi connectivity index (χ2n) is 15.9. The van der Waals surface area contributed by atoms with Crippen LogP contribution >= 0.6 is 0 Å². The molecule has 0 aliphatic heterocycles. The summed E-state index contributed by atoms with van der Waals surface area (Å²) in [5.74, 6) is -1.12. The third-order valence-electron chi connectivity index (χ3n) is 9.66. The van der Waals surface area contributed by atoms with Crippen LogP contribution in [0, 0.1) is 0 Å². The fraction of sp³-hybridized carbons (Fsp3) is 0.483. The predicted octanol–water partition coefficient (Wildman–Crippen LogP) is 16.8. The number of carbonyl (C=O) groups is 3. The second kappa shape index (κ2) is 52.4. The summed E-state index contributed by atoms with van der Waals surface area (Å²) in [5.41, 5.74) is 0. The fourth-order valence-electron chi connectivity index (χ4n) is 5.90. The highest BCUT2D eigenvalue weighted by molar-refractivity contribution is 5.71. The molecule has 0 saturated heterocycles. The highest BCUT2D eigenvalue weighted by Gasteiger charge is 2.19. The van der Waals surface area contributed by atoms with E-state index in [0.717, 1.165) is 83.5 Å². The first-order valence-electron chi connectivity index (χ1n) is 25.3. The van der Waals surface area contributed by atoms with Gasteiger partial charge in [0, 0.05) is 19.3 Å². The summed E-state index contributed by atoms with van der Waals surface area (Å²) in [6.07, 6.45) is 77.7. The minimum absolute atomic E-state index is 0.145. The normalized spacial score (nSPS) is 13.6. The average molecular weight is 905 g/mol. The number of hydrogen-bond donors (Lipinski definition) is 0. The van der Waals surface area contributed by atoms with Crippen LogP contribution in [-0.2, 0) is 28.6 Å². The number of hydrogen-bond acceptors (Lipinski definition) is 6. The van der Waals surface area contributed by atoms with Crippen LogP contribution in [-0.4, -0.2) is 37.2 Å². The lowest BCUT2D eigenvalue weighted by Gasteiger charge is -2.18. The third kappa shape index (κ3) is 49.8. The Kier molecular flexibility index (Phi) is 48.2. The van der Waals surface area contributed by atoms with Gasteiger partial charge in [0.1, 0.15) is 13.2 Å². The lowest BCUT2D eigenvalue weighted by molar-refractivity contribution is -0.167. The zero-order chi connectivity index (χ0) is 47.9. The topological polar surface area (TPSA) is 78.9 Å². The van der Waals surface area contributed by atoms with Crippen LogP contribution in [0.5, 0.6) is 0 Å². The highest BCUT2D eigenvalue weighted by Crippen LogP contribution is 2.11. The number of esters is 3. The molecule has 0 heterocycles. The third-order valence-corrected chi connectivity index (χ3v) is 9.66. The molecule has 0 aromatic carbocycles. The molecule has 0 aromatic rings. The largest absolute Gasteiger partial charge is 0.462 e. The minimum Gasteiger partial charge on any atom is -0.462 e. The smallest absolute Gasteiger partial charge is 0.306 e. The van der Waals surface area contributed by atoms with Crippen molar-refractivity contribution >= 4 is 17.9 Å². The van der Waals surface area contributed by atoms with E-state index in [4.69, 9.17) is 14.2 Å². The van der Waals surface area contributed by atoms with Crippen molar-refractivity contribution in [1.29, 1.82) is 0 Å². The van der Waals surface area contributed by atoms with Crippen molar-refractivity contribution in [3.05, 3.63) is 170 Å². The first kappa shape index (κ1) is 60.8. The molecule has 0 amide bonds. The molecule has 0 spiro atoms. The van der Waals surface area contributed by atoms with Crippen LogP contribution < -0.4 is 0 Å². The zero-order valence-electron chi connectivity index (χ0n) is 41.4. The van der Waals surface area contributed by atoms with Gasteiger partial charge in [-0.05, 0) is 89.9 Å². The Morgan fingerprint density at radius 3 is 1.20 bits per heavy atom. The second-order valence-corrected chi connectivity index (χ2v) is 15.9. The summed E-state index contributed by atoms with van der Waals surface area (Å²) < 4.78 is 16.6. The lowest BCUT2D eigenvalue weighted by Crippen LogP contribution is -2.30. The standard InChI is InChI=1S/C60H88O6/c1-4-7-10-13-16-19-22-25-27-29-31-32-35-38-41-44-47-50-53-59(62)65-56-57(55-64-58(61)52-49-46-43-40-37-34-24-21-18-15-12-9-6-3)66-60(63)54-51-48-45-42-39-36-33-30-28-26-23-20-17-14-11-8-5-2/h9-10,12-13,15-22,24-29,31-34,36-37,40,42-43,45,57H,4-8,11,14,23,30,35,38-39,41,44,46-56H2,1-3H3/b12-9+,13-10+,18-15+,19-16+,20-17+,24-21+,25-22+,28-26+,29-27+,32-31+,36-33+,37-34+,43-40+,45-42+. The van der Waals surface area contributed by atoms with E-state index >= 15 is 0 Å². The molecule has 0 N–H and O–H groups in total. The van der Waals surface area contributed by atoms with Gasteiger partial charge in [-0.1, -0.05) is 229 Å². The Balaban J connectivity index is 4.67. The molecule has 1 atom stereocenters. The number of unbranched alkanes of at least 4 members (excludes halogenated alkanes) is 11. The van der Waals surface area contributed by atoms with E-state index in [1.54, 1.807) is 0 Å². The molecule has 66 heavy (non-hydrogen) atoms. The summed E-state index contributed by atoms with van der Waals surface area (Å²) in [6, 6.07) is 0. The summed E-state index contributed by atoms with van der Waals surface area (Å²) in [6.45, 7) is 6.20. The Bertz CT molecular complexity index is 1600. The van der Waals surface area contributed by atoms with Gasteiger partial charge in [-0.3, -0.25) is 14.4 Å². The molecule has 0 radical (unpaired) electrons. The van der Waals surface area contributed by atoms with Gasteiger partial charge in [0.05, 0.1) is 0 Å². The SMILES string of the molecule is CC/C=C/C=C/C=C/C=C/C=C/CCCC(=O)OCC(COC(=O)CCCCCCC/C=C/C=C/C=C/C=C/C=C/CCC)OC(=O)CCC/C=C/C/C=C/C/C=C/C/C=C/CCCCC. The van der Waals surface area contributed by atoms with Crippen LogP contribution in [0.25, 0.3) is 0 Å². The van der Waals surface area contributed by atoms with Gasteiger partial charge in [-0.2, -0.15) is 0 Å². The van der Waals surface area contributed by atoms with E-state index in [1.807, 2.05) is 91.1 Å². The van der Waals surface area contributed by atoms with Gasteiger partial charge in [-0.25, -0.2) is 0 Å². The van der Waals surface area contributed by atoms with E-state index in [2.05, 4.69) is 99.8 Å². The van der Waals surface area contributed by atoms with Crippen molar-refractivity contribution < 1.29 is 28.6 Å². The highest BCUT2D eigenvalue weighted by atomic mass is 16.6. The van der Waals surface area contributed by atoms with Crippen LogP contribution in [0.1, 0.15) is 168 Å². The van der Waals surface area contributed by atoms with E-state index < -0.39 is 12.1 Å². The van der Waals surface area contributed by atoms with E-state index in [0.29, 0.717) is 19.3 Å². The van der Waals surface area contributed by atoms with Crippen LogP contribution in [0.3, 0.4) is 0 Å². The maximum atomic E-state index is 12.8. The summed E-state index contributed by atoms with van der Waals surface area (Å²) in [5, 5.41) is 0. The van der Waals surface area contributed by atoms with Crippen molar-refractivity contribution in [2.45, 2.75) is 175 Å². The molecule has 0 aliphatic carbocycles. The van der Waals surface area contributed by atoms with Crippen molar-refractivity contribution in [3.63, 3.8) is 0 Å². The molecular weight excluding hydrogens is 817 g/mol. The van der Waals surface area contributed by atoms with Crippen molar-refractivity contribution in [1.82, 2.24) is 0 Å². The van der Waals surface area contributed by atoms with Crippen molar-refractivity contribution in [2.75, 3.05) is 13.2 Å². The number of carbonyl (C=O) groups excluding carboxylic acids is 3. The van der Waals surface area contributed by atoms with Crippen LogP contribution in [0.2, 0.25) is 0 Å². The Morgan fingerprint density at radius 1 is 0.333 bits per heavy atom. The minimum atomic E-state index is -0.856. The number of ether oxygens (including phenoxy) is 3. The predicted molar refractivity (Wildman–Crippen MR) is 283 cm³/mol.